The first kappa shape index (κ1) is 10.8. The van der Waals surface area contributed by atoms with Crippen LogP contribution in [0.1, 0.15) is 11.1 Å². The Balaban J connectivity index is 1.80. The van der Waals surface area contributed by atoms with Crippen molar-refractivity contribution in [3.8, 4) is 0 Å². The van der Waals surface area contributed by atoms with Crippen LogP contribution in [0.25, 0.3) is 11.1 Å². The molecule has 0 aliphatic heterocycles. The molecule has 89 valence electrons. The molecule has 0 bridgehead atoms. The number of nitrogens with one attached hydrogen (secondary N) is 1. The first-order chi connectivity index (χ1) is 8.81. The van der Waals surface area contributed by atoms with Crippen molar-refractivity contribution in [2.45, 2.75) is 6.42 Å². The van der Waals surface area contributed by atoms with E-state index in [1.54, 1.807) is 0 Å². The lowest BCUT2D eigenvalue weighted by molar-refractivity contribution is 0.555. The highest BCUT2D eigenvalue weighted by atomic mass is 16.4. The van der Waals surface area contributed by atoms with E-state index in [1.165, 1.54) is 5.56 Å². The molecule has 1 heterocycles. The lowest BCUT2D eigenvalue weighted by atomic mass is 10.0. The summed E-state index contributed by atoms with van der Waals surface area (Å²) in [4.78, 5) is 13.7. The number of fused-ring (bicyclic) bond motifs is 1. The van der Waals surface area contributed by atoms with Gasteiger partial charge in [-0.2, -0.15) is 0 Å². The minimum atomic E-state index is -0.408. The number of aromatic nitrogens is 1. The zero-order chi connectivity index (χ0) is 12.4. The van der Waals surface area contributed by atoms with Crippen molar-refractivity contribution >= 4 is 11.1 Å². The monoisotopic (exact) mass is 238 g/mol. The van der Waals surface area contributed by atoms with E-state index in [-0.39, 0.29) is 0 Å². The Morgan fingerprint density at radius 1 is 1.11 bits per heavy atom. The number of H-pyrrole nitrogens is 1. The fourth-order valence-electron chi connectivity index (χ4n) is 1.95. The van der Waals surface area contributed by atoms with E-state index < -0.39 is 5.76 Å². The first-order valence-corrected chi connectivity index (χ1v) is 5.81. The molecule has 1 aromatic heterocycles. The van der Waals surface area contributed by atoms with E-state index in [9.17, 15) is 4.79 Å². The van der Waals surface area contributed by atoms with Crippen molar-refractivity contribution in [3.05, 3.63) is 76.6 Å². The minimum absolute atomic E-state index is 0.408. The van der Waals surface area contributed by atoms with Crippen molar-refractivity contribution in [3.63, 3.8) is 0 Å². The summed E-state index contributed by atoms with van der Waals surface area (Å²) in [5.41, 5.74) is 3.68. The van der Waals surface area contributed by atoms with Crippen molar-refractivity contribution in [1.82, 2.24) is 4.98 Å². The first-order valence-electron chi connectivity index (χ1n) is 5.81. The number of rotatable bonds is 3. The second-order valence-corrected chi connectivity index (χ2v) is 4.16. The molecule has 0 saturated heterocycles. The van der Waals surface area contributed by atoms with Crippen molar-refractivity contribution < 1.29 is 4.42 Å². The molecule has 3 rings (SSSR count). The van der Waals surface area contributed by atoms with Gasteiger partial charge in [0.15, 0.2) is 5.58 Å². The van der Waals surface area contributed by atoms with E-state index in [1.807, 2.05) is 36.4 Å². The topological polar surface area (TPSA) is 46.0 Å². The summed E-state index contributed by atoms with van der Waals surface area (Å²) in [7, 11) is 0. The third kappa shape index (κ3) is 2.20. The SMILES string of the molecule is O=c1[nH]c2cc(C[CH]c3ccccc3)ccc2o1. The molecule has 1 N–H and O–H groups in total. The van der Waals surface area contributed by atoms with Crippen LogP contribution in [0, 0.1) is 6.42 Å². The molecule has 3 heteroatoms. The summed E-state index contributed by atoms with van der Waals surface area (Å²) < 4.78 is 4.96. The van der Waals surface area contributed by atoms with Gasteiger partial charge >= 0.3 is 5.76 Å². The maximum atomic E-state index is 11.0. The van der Waals surface area contributed by atoms with E-state index >= 15 is 0 Å². The predicted octanol–water partition coefficient (Wildman–Crippen LogP) is 2.92. The van der Waals surface area contributed by atoms with Gasteiger partial charge in [0, 0.05) is 0 Å². The standard InChI is InChI=1S/C15H12NO2/c17-15-16-13-10-12(8-9-14(13)18-15)7-6-11-4-2-1-3-5-11/h1-6,8-10H,7H2,(H,16,17). The Morgan fingerprint density at radius 3 is 2.78 bits per heavy atom. The number of oxazole rings is 1. The van der Waals surface area contributed by atoms with Gasteiger partial charge in [-0.3, -0.25) is 4.98 Å². The molecule has 0 saturated carbocycles. The minimum Gasteiger partial charge on any atom is -0.408 e. The molecule has 18 heavy (non-hydrogen) atoms. The smallest absolute Gasteiger partial charge is 0.408 e. The Labute approximate surface area is 104 Å². The van der Waals surface area contributed by atoms with Gasteiger partial charge in [-0.05, 0) is 36.1 Å². The average molecular weight is 238 g/mol. The molecule has 1 radical (unpaired) electrons. The number of hydrogen-bond acceptors (Lipinski definition) is 2. The molecule has 0 atom stereocenters. The zero-order valence-electron chi connectivity index (χ0n) is 9.72. The van der Waals surface area contributed by atoms with Crippen LogP contribution in [0.2, 0.25) is 0 Å². The van der Waals surface area contributed by atoms with Gasteiger partial charge in [0.2, 0.25) is 0 Å². The number of aromatic amines is 1. The average Bonchev–Trinajstić information content (AvgIpc) is 2.77. The fraction of sp³-hybridized carbons (Fsp3) is 0.0667. The van der Waals surface area contributed by atoms with Gasteiger partial charge in [0.25, 0.3) is 0 Å². The van der Waals surface area contributed by atoms with Crippen molar-refractivity contribution in [1.29, 1.82) is 0 Å². The van der Waals surface area contributed by atoms with Crippen LogP contribution in [0.4, 0.5) is 0 Å². The molecule has 2 aromatic carbocycles. The zero-order valence-corrected chi connectivity index (χ0v) is 9.72. The third-order valence-corrected chi connectivity index (χ3v) is 2.86. The lowest BCUT2D eigenvalue weighted by Gasteiger charge is -2.01. The molecular weight excluding hydrogens is 226 g/mol. The van der Waals surface area contributed by atoms with Crippen molar-refractivity contribution in [2.24, 2.45) is 0 Å². The molecule has 0 aliphatic carbocycles. The molecule has 0 aliphatic rings. The van der Waals surface area contributed by atoms with E-state index in [2.05, 4.69) is 23.5 Å². The van der Waals surface area contributed by atoms with Crippen LogP contribution in [-0.4, -0.2) is 4.98 Å². The fourth-order valence-corrected chi connectivity index (χ4v) is 1.95. The van der Waals surface area contributed by atoms with Crippen LogP contribution >= 0.6 is 0 Å². The summed E-state index contributed by atoms with van der Waals surface area (Å²) in [5, 5.41) is 0. The molecule has 0 unspecified atom stereocenters. The van der Waals surface area contributed by atoms with Gasteiger partial charge in [0.1, 0.15) is 0 Å². The largest absolute Gasteiger partial charge is 0.417 e. The second kappa shape index (κ2) is 4.53. The summed E-state index contributed by atoms with van der Waals surface area (Å²) >= 11 is 0. The predicted molar refractivity (Wildman–Crippen MR) is 70.4 cm³/mol. The van der Waals surface area contributed by atoms with Crippen LogP contribution in [0.3, 0.4) is 0 Å². The Hall–Kier alpha value is -2.29. The van der Waals surface area contributed by atoms with E-state index in [4.69, 9.17) is 4.42 Å². The van der Waals surface area contributed by atoms with Crippen LogP contribution in [-0.2, 0) is 6.42 Å². The highest BCUT2D eigenvalue weighted by Crippen LogP contribution is 2.15. The third-order valence-electron chi connectivity index (χ3n) is 2.86. The molecule has 3 nitrogen and oxygen atoms in total. The molecule has 3 aromatic rings. The van der Waals surface area contributed by atoms with Crippen LogP contribution in [0.5, 0.6) is 0 Å². The number of benzene rings is 2. The molecular formula is C15H12NO2. The maximum Gasteiger partial charge on any atom is 0.417 e. The quantitative estimate of drug-likeness (QED) is 0.762. The molecule has 0 spiro atoms. The summed E-state index contributed by atoms with van der Waals surface area (Å²) in [5.74, 6) is -0.408. The lowest BCUT2D eigenvalue weighted by Crippen LogP contribution is -1.93. The summed E-state index contributed by atoms with van der Waals surface area (Å²) in [6.45, 7) is 0. The van der Waals surface area contributed by atoms with Gasteiger partial charge in [0.05, 0.1) is 5.52 Å². The molecule has 0 amide bonds. The van der Waals surface area contributed by atoms with Gasteiger partial charge in [-0.1, -0.05) is 36.4 Å². The second-order valence-electron chi connectivity index (χ2n) is 4.16. The Bertz CT molecular complexity index is 710. The van der Waals surface area contributed by atoms with E-state index in [0.29, 0.717) is 5.58 Å². The highest BCUT2D eigenvalue weighted by molar-refractivity contribution is 5.72. The van der Waals surface area contributed by atoms with Gasteiger partial charge in [-0.15, -0.1) is 0 Å². The summed E-state index contributed by atoms with van der Waals surface area (Å²) in [6.07, 6.45) is 2.98. The van der Waals surface area contributed by atoms with Gasteiger partial charge < -0.3 is 4.42 Å². The van der Waals surface area contributed by atoms with E-state index in [0.717, 1.165) is 17.5 Å². The normalized spacial score (nSPS) is 10.9. The van der Waals surface area contributed by atoms with Crippen LogP contribution < -0.4 is 5.76 Å². The van der Waals surface area contributed by atoms with Crippen LogP contribution in [0.15, 0.2) is 57.7 Å². The Kier molecular flexibility index (Phi) is 2.73. The maximum absolute atomic E-state index is 11.0. The molecule has 0 fully saturated rings. The number of hydrogen-bond donors (Lipinski definition) is 1. The van der Waals surface area contributed by atoms with Crippen molar-refractivity contribution in [2.75, 3.05) is 0 Å². The summed E-state index contributed by atoms with van der Waals surface area (Å²) in [6, 6.07) is 15.9. The Morgan fingerprint density at radius 2 is 1.94 bits per heavy atom. The van der Waals surface area contributed by atoms with Gasteiger partial charge in [-0.25, -0.2) is 4.79 Å². The highest BCUT2D eigenvalue weighted by Gasteiger charge is 2.02.